The molecule has 0 aliphatic rings. The molecule has 0 fully saturated rings. The highest BCUT2D eigenvalue weighted by molar-refractivity contribution is 5.57. The first-order valence-corrected chi connectivity index (χ1v) is 4.83. The summed E-state index contributed by atoms with van der Waals surface area (Å²) >= 11 is 0. The summed E-state index contributed by atoms with van der Waals surface area (Å²) in [4.78, 5) is 5.44. The Hall–Kier alpha value is -1.70. The summed E-state index contributed by atoms with van der Waals surface area (Å²) in [6.45, 7) is 3.12. The van der Waals surface area contributed by atoms with Crippen LogP contribution in [0.1, 0.15) is 16.8 Å². The van der Waals surface area contributed by atoms with Gasteiger partial charge in [-0.05, 0) is 25.5 Å². The zero-order valence-electron chi connectivity index (χ0n) is 9.46. The van der Waals surface area contributed by atoms with Crippen LogP contribution in [0.3, 0.4) is 0 Å². The molecule has 3 nitrogen and oxygen atoms in total. The summed E-state index contributed by atoms with van der Waals surface area (Å²) in [5, 5.41) is 8.97. The van der Waals surface area contributed by atoms with Gasteiger partial charge in [0.25, 0.3) is 6.43 Å². The smallest absolute Gasteiger partial charge is 0.255 e. The predicted molar refractivity (Wildman–Crippen MR) is 57.7 cm³/mol. The Labute approximate surface area is 93.3 Å². The van der Waals surface area contributed by atoms with Crippen LogP contribution < -0.4 is 4.90 Å². The number of rotatable bonds is 3. The van der Waals surface area contributed by atoms with Crippen molar-refractivity contribution in [3.63, 3.8) is 0 Å². The monoisotopic (exact) mass is 225 g/mol. The molecule has 0 radical (unpaired) electrons. The van der Waals surface area contributed by atoms with Gasteiger partial charge >= 0.3 is 0 Å². The summed E-state index contributed by atoms with van der Waals surface area (Å²) in [5.74, 6) is 0.320. The summed E-state index contributed by atoms with van der Waals surface area (Å²) in [6, 6.07) is 3.76. The van der Waals surface area contributed by atoms with Gasteiger partial charge in [-0.25, -0.2) is 13.8 Å². The number of hydrogen-bond donors (Lipinski definition) is 0. The number of halogens is 2. The first-order chi connectivity index (χ1) is 7.45. The highest BCUT2D eigenvalue weighted by Crippen LogP contribution is 2.21. The fraction of sp³-hybridized carbons (Fsp3) is 0.455. The maximum atomic E-state index is 12.3. The van der Waals surface area contributed by atoms with E-state index in [2.05, 4.69) is 4.98 Å². The van der Waals surface area contributed by atoms with E-state index in [0.29, 0.717) is 17.1 Å². The molecule has 0 saturated carbocycles. The fourth-order valence-electron chi connectivity index (χ4n) is 1.52. The molecule has 0 unspecified atom stereocenters. The standard InChI is InChI=1S/C11H13F2N3/c1-7-4-8(2)15-11(9(7)5-14)16(3)6-10(12)13/h4,10H,6H2,1-3H3. The van der Waals surface area contributed by atoms with Crippen LogP contribution in [0.15, 0.2) is 6.07 Å². The van der Waals surface area contributed by atoms with Gasteiger partial charge in [0.2, 0.25) is 0 Å². The van der Waals surface area contributed by atoms with Crippen molar-refractivity contribution >= 4 is 5.82 Å². The lowest BCUT2D eigenvalue weighted by molar-refractivity contribution is 0.156. The molecule has 1 aromatic heterocycles. The molecular weight excluding hydrogens is 212 g/mol. The Kier molecular flexibility index (Phi) is 3.78. The van der Waals surface area contributed by atoms with E-state index in [1.165, 1.54) is 11.9 Å². The van der Waals surface area contributed by atoms with Crippen molar-refractivity contribution in [3.05, 3.63) is 22.9 Å². The largest absolute Gasteiger partial charge is 0.353 e. The van der Waals surface area contributed by atoms with E-state index in [-0.39, 0.29) is 0 Å². The van der Waals surface area contributed by atoms with Crippen LogP contribution in [-0.4, -0.2) is 25.0 Å². The summed E-state index contributed by atoms with van der Waals surface area (Å²) < 4.78 is 24.5. The highest BCUT2D eigenvalue weighted by Gasteiger charge is 2.15. The molecular formula is C11H13F2N3. The molecule has 1 aromatic rings. The summed E-state index contributed by atoms with van der Waals surface area (Å²) in [7, 11) is 1.51. The zero-order valence-corrected chi connectivity index (χ0v) is 9.46. The van der Waals surface area contributed by atoms with Gasteiger partial charge in [-0.15, -0.1) is 0 Å². The highest BCUT2D eigenvalue weighted by atomic mass is 19.3. The van der Waals surface area contributed by atoms with E-state index in [1.54, 1.807) is 19.9 Å². The molecule has 0 amide bonds. The molecule has 0 spiro atoms. The maximum Gasteiger partial charge on any atom is 0.255 e. The van der Waals surface area contributed by atoms with Crippen LogP contribution in [0.25, 0.3) is 0 Å². The van der Waals surface area contributed by atoms with E-state index < -0.39 is 13.0 Å². The molecule has 0 aliphatic heterocycles. The van der Waals surface area contributed by atoms with Gasteiger partial charge in [-0.1, -0.05) is 0 Å². The van der Waals surface area contributed by atoms with Gasteiger partial charge in [-0.3, -0.25) is 0 Å². The van der Waals surface area contributed by atoms with Gasteiger partial charge in [-0.2, -0.15) is 5.26 Å². The Bertz CT molecular complexity index is 424. The first kappa shape index (κ1) is 12.4. The van der Waals surface area contributed by atoms with Crippen LogP contribution in [0, 0.1) is 25.2 Å². The zero-order chi connectivity index (χ0) is 12.3. The van der Waals surface area contributed by atoms with Crippen LogP contribution in [0.5, 0.6) is 0 Å². The number of nitrogens with zero attached hydrogens (tertiary/aromatic N) is 3. The van der Waals surface area contributed by atoms with E-state index in [9.17, 15) is 8.78 Å². The molecule has 5 heteroatoms. The van der Waals surface area contributed by atoms with Crippen molar-refractivity contribution in [3.8, 4) is 6.07 Å². The van der Waals surface area contributed by atoms with Crippen LogP contribution in [0.2, 0.25) is 0 Å². The second-order valence-corrected chi connectivity index (χ2v) is 3.66. The second kappa shape index (κ2) is 4.88. The molecule has 86 valence electrons. The van der Waals surface area contributed by atoms with E-state index in [1.807, 2.05) is 6.07 Å². The van der Waals surface area contributed by atoms with Crippen molar-refractivity contribution in [2.45, 2.75) is 20.3 Å². The first-order valence-electron chi connectivity index (χ1n) is 4.83. The number of pyridine rings is 1. The maximum absolute atomic E-state index is 12.3. The minimum absolute atomic E-state index is 0.320. The summed E-state index contributed by atoms with van der Waals surface area (Å²) in [6.07, 6.45) is -2.45. The Morgan fingerprint density at radius 2 is 2.12 bits per heavy atom. The topological polar surface area (TPSA) is 39.9 Å². The Morgan fingerprint density at radius 1 is 1.50 bits per heavy atom. The predicted octanol–water partition coefficient (Wildman–Crippen LogP) is 2.27. The molecule has 16 heavy (non-hydrogen) atoms. The average Bonchev–Trinajstić information content (AvgIpc) is 2.15. The lowest BCUT2D eigenvalue weighted by atomic mass is 10.1. The van der Waals surface area contributed by atoms with Gasteiger partial charge in [0, 0.05) is 12.7 Å². The van der Waals surface area contributed by atoms with E-state index >= 15 is 0 Å². The SMILES string of the molecule is Cc1cc(C)c(C#N)c(N(C)CC(F)F)n1. The Morgan fingerprint density at radius 3 is 2.62 bits per heavy atom. The Balaban J connectivity index is 3.17. The molecule has 0 saturated heterocycles. The van der Waals surface area contributed by atoms with Crippen molar-refractivity contribution in [1.29, 1.82) is 5.26 Å². The minimum atomic E-state index is -2.45. The molecule has 0 N–H and O–H groups in total. The molecule has 0 bridgehead atoms. The quantitative estimate of drug-likeness (QED) is 0.792. The van der Waals surface area contributed by atoms with Crippen molar-refractivity contribution in [2.75, 3.05) is 18.5 Å². The molecule has 1 heterocycles. The molecule has 0 aliphatic carbocycles. The number of alkyl halides is 2. The van der Waals surface area contributed by atoms with E-state index in [0.717, 1.165) is 5.56 Å². The fourth-order valence-corrected chi connectivity index (χ4v) is 1.52. The van der Waals surface area contributed by atoms with Gasteiger partial charge in [0.1, 0.15) is 11.9 Å². The molecule has 1 rings (SSSR count). The molecule has 0 atom stereocenters. The lowest BCUT2D eigenvalue weighted by Crippen LogP contribution is -2.26. The van der Waals surface area contributed by atoms with Gasteiger partial charge in [0.05, 0.1) is 12.1 Å². The van der Waals surface area contributed by atoms with Gasteiger partial charge in [0.15, 0.2) is 0 Å². The third-order valence-corrected chi connectivity index (χ3v) is 2.21. The number of anilines is 1. The van der Waals surface area contributed by atoms with Crippen LogP contribution >= 0.6 is 0 Å². The lowest BCUT2D eigenvalue weighted by Gasteiger charge is -2.20. The van der Waals surface area contributed by atoms with Crippen molar-refractivity contribution in [2.24, 2.45) is 0 Å². The summed E-state index contributed by atoms with van der Waals surface area (Å²) in [5.41, 5.74) is 1.83. The van der Waals surface area contributed by atoms with Crippen LogP contribution in [-0.2, 0) is 0 Å². The third-order valence-electron chi connectivity index (χ3n) is 2.21. The van der Waals surface area contributed by atoms with Crippen molar-refractivity contribution in [1.82, 2.24) is 4.98 Å². The number of aromatic nitrogens is 1. The normalized spacial score (nSPS) is 10.3. The third kappa shape index (κ3) is 2.66. The van der Waals surface area contributed by atoms with Gasteiger partial charge < -0.3 is 4.90 Å². The van der Waals surface area contributed by atoms with E-state index in [4.69, 9.17) is 5.26 Å². The minimum Gasteiger partial charge on any atom is -0.353 e. The van der Waals surface area contributed by atoms with Crippen LogP contribution in [0.4, 0.5) is 14.6 Å². The number of hydrogen-bond acceptors (Lipinski definition) is 3. The van der Waals surface area contributed by atoms with Crippen molar-refractivity contribution < 1.29 is 8.78 Å². The average molecular weight is 225 g/mol. The number of nitriles is 1. The second-order valence-electron chi connectivity index (χ2n) is 3.66. The molecule has 0 aromatic carbocycles. The number of aryl methyl sites for hydroxylation is 2.